The normalized spacial score (nSPS) is 15.3. The maximum atomic E-state index is 13.3. The maximum absolute atomic E-state index is 13.3. The minimum atomic E-state index is -1.18. The van der Waals surface area contributed by atoms with Crippen molar-refractivity contribution in [2.24, 2.45) is 0 Å². The first-order chi connectivity index (χ1) is 9.81. The van der Waals surface area contributed by atoms with Crippen molar-refractivity contribution in [1.29, 1.82) is 0 Å². The molecule has 1 heterocycles. The molecule has 0 saturated heterocycles. The Morgan fingerprint density at radius 2 is 2.05 bits per heavy atom. The molecule has 0 radical (unpaired) electrons. The number of benzene rings is 1. The highest BCUT2D eigenvalue weighted by Crippen LogP contribution is 2.29. The number of rotatable bonds is 5. The predicted octanol–water partition coefficient (Wildman–Crippen LogP) is 4.46. The minimum Gasteiger partial charge on any atom is -0.598 e. The van der Waals surface area contributed by atoms with Crippen LogP contribution in [0.1, 0.15) is 52.3 Å². The van der Waals surface area contributed by atoms with Crippen LogP contribution in [0.15, 0.2) is 28.7 Å². The summed E-state index contributed by atoms with van der Waals surface area (Å²) in [6.45, 7) is 7.84. The first-order valence-corrected chi connectivity index (χ1v) is 8.33. The van der Waals surface area contributed by atoms with E-state index < -0.39 is 11.4 Å². The molecule has 0 aliphatic carbocycles. The number of hydrogen-bond acceptors (Lipinski definition) is 3. The zero-order chi connectivity index (χ0) is 15.6. The van der Waals surface area contributed by atoms with Gasteiger partial charge in [-0.1, -0.05) is 13.3 Å². The molecule has 0 spiro atoms. The summed E-state index contributed by atoms with van der Waals surface area (Å²) in [4.78, 5) is 0. The number of nitrogens with one attached hydrogen (secondary N) is 1. The van der Waals surface area contributed by atoms with Gasteiger partial charge >= 0.3 is 0 Å². The average Bonchev–Trinajstić information content (AvgIpc) is 2.79. The summed E-state index contributed by atoms with van der Waals surface area (Å²) in [5.74, 6) is 0.420. The smallest absolute Gasteiger partial charge is 0.136 e. The minimum absolute atomic E-state index is 0.134. The molecule has 1 unspecified atom stereocenters. The highest BCUT2D eigenvalue weighted by Gasteiger charge is 2.30. The van der Waals surface area contributed by atoms with Crippen LogP contribution in [-0.2, 0) is 11.4 Å². The Labute approximate surface area is 128 Å². The van der Waals surface area contributed by atoms with Crippen molar-refractivity contribution in [1.82, 2.24) is 4.72 Å². The van der Waals surface area contributed by atoms with E-state index in [1.807, 2.05) is 26.8 Å². The monoisotopic (exact) mass is 311 g/mol. The molecule has 0 bridgehead atoms. The van der Waals surface area contributed by atoms with Crippen LogP contribution in [0.25, 0.3) is 11.0 Å². The molecule has 3 nitrogen and oxygen atoms in total. The highest BCUT2D eigenvalue weighted by atomic mass is 32.2. The SMILES string of the molecule is CCC[C@@H](N[S+]([O-])C(C)(C)C)c1cc2cc(F)ccc2o1. The fraction of sp³-hybridized carbons (Fsp3) is 0.500. The summed E-state index contributed by atoms with van der Waals surface area (Å²) in [5.41, 5.74) is 0.649. The molecule has 0 aliphatic heterocycles. The van der Waals surface area contributed by atoms with E-state index in [4.69, 9.17) is 4.42 Å². The Balaban J connectivity index is 2.27. The van der Waals surface area contributed by atoms with E-state index in [2.05, 4.69) is 11.6 Å². The molecule has 1 aromatic carbocycles. The number of fused-ring (bicyclic) bond motifs is 1. The first-order valence-electron chi connectivity index (χ1n) is 7.18. The van der Waals surface area contributed by atoms with Gasteiger partial charge in [0.1, 0.15) is 27.9 Å². The van der Waals surface area contributed by atoms with Crippen LogP contribution in [0, 0.1) is 5.82 Å². The molecule has 2 aromatic rings. The van der Waals surface area contributed by atoms with Crippen LogP contribution in [0.3, 0.4) is 0 Å². The molecule has 1 aromatic heterocycles. The summed E-state index contributed by atoms with van der Waals surface area (Å²) in [6.07, 6.45) is 1.74. The number of hydrogen-bond donors (Lipinski definition) is 1. The van der Waals surface area contributed by atoms with Crippen molar-refractivity contribution in [2.75, 3.05) is 0 Å². The van der Waals surface area contributed by atoms with Crippen molar-refractivity contribution < 1.29 is 13.4 Å². The van der Waals surface area contributed by atoms with Gasteiger partial charge in [-0.05, 0) is 51.5 Å². The van der Waals surface area contributed by atoms with Crippen molar-refractivity contribution >= 4 is 22.3 Å². The van der Waals surface area contributed by atoms with E-state index in [1.165, 1.54) is 12.1 Å². The Morgan fingerprint density at radius 3 is 2.67 bits per heavy atom. The van der Waals surface area contributed by atoms with Crippen molar-refractivity contribution in [3.05, 3.63) is 35.8 Å². The van der Waals surface area contributed by atoms with Gasteiger partial charge < -0.3 is 8.97 Å². The molecule has 116 valence electrons. The standard InChI is InChI=1S/C16H22FNO2S/c1-5-6-13(18-21(19)16(2,3)4)15-10-11-9-12(17)7-8-14(11)20-15/h7-10,13,18H,5-6H2,1-4H3/t13-,21?/m1/s1. The molecule has 5 heteroatoms. The van der Waals surface area contributed by atoms with E-state index in [0.29, 0.717) is 11.3 Å². The first kappa shape index (κ1) is 16.3. The van der Waals surface area contributed by atoms with E-state index >= 15 is 0 Å². The molecular formula is C16H22FNO2S. The molecule has 0 fully saturated rings. The Morgan fingerprint density at radius 1 is 1.33 bits per heavy atom. The van der Waals surface area contributed by atoms with Crippen LogP contribution in [0.5, 0.6) is 0 Å². The molecule has 1 N–H and O–H groups in total. The summed E-state index contributed by atoms with van der Waals surface area (Å²) in [6, 6.07) is 6.14. The van der Waals surface area contributed by atoms with E-state index in [1.54, 1.807) is 6.07 Å². The molecule has 0 saturated carbocycles. The van der Waals surface area contributed by atoms with Crippen LogP contribution < -0.4 is 4.72 Å². The molecule has 0 aliphatic rings. The average molecular weight is 311 g/mol. The summed E-state index contributed by atoms with van der Waals surface area (Å²) < 4.78 is 34.1. The lowest BCUT2D eigenvalue weighted by atomic mass is 10.1. The predicted molar refractivity (Wildman–Crippen MR) is 84.9 cm³/mol. The van der Waals surface area contributed by atoms with Crippen molar-refractivity contribution in [3.8, 4) is 0 Å². The lowest BCUT2D eigenvalue weighted by Crippen LogP contribution is -2.41. The van der Waals surface area contributed by atoms with Crippen LogP contribution >= 0.6 is 0 Å². The maximum Gasteiger partial charge on any atom is 0.136 e. The lowest BCUT2D eigenvalue weighted by Gasteiger charge is -2.27. The second kappa shape index (κ2) is 6.38. The molecular weight excluding hydrogens is 289 g/mol. The third-order valence-electron chi connectivity index (χ3n) is 3.22. The summed E-state index contributed by atoms with van der Waals surface area (Å²) in [7, 11) is 0. The van der Waals surface area contributed by atoms with Gasteiger partial charge in [0.2, 0.25) is 0 Å². The molecule has 21 heavy (non-hydrogen) atoms. The second-order valence-electron chi connectivity index (χ2n) is 6.17. The van der Waals surface area contributed by atoms with Gasteiger partial charge in [0.25, 0.3) is 0 Å². The fourth-order valence-corrected chi connectivity index (χ4v) is 2.91. The van der Waals surface area contributed by atoms with E-state index in [-0.39, 0.29) is 16.6 Å². The third-order valence-corrected chi connectivity index (χ3v) is 4.83. The number of furan rings is 1. The Bertz CT molecular complexity index is 606. The zero-order valence-corrected chi connectivity index (χ0v) is 13.7. The summed E-state index contributed by atoms with van der Waals surface area (Å²) in [5, 5.41) is 0.731. The third kappa shape index (κ3) is 3.99. The van der Waals surface area contributed by atoms with Crippen molar-refractivity contribution in [3.63, 3.8) is 0 Å². The van der Waals surface area contributed by atoms with Gasteiger partial charge in [-0.3, -0.25) is 0 Å². The molecule has 0 amide bonds. The van der Waals surface area contributed by atoms with Crippen LogP contribution in [0.4, 0.5) is 4.39 Å². The van der Waals surface area contributed by atoms with E-state index in [0.717, 1.165) is 18.2 Å². The molecule has 2 atom stereocenters. The number of halogens is 1. The van der Waals surface area contributed by atoms with Crippen LogP contribution in [0.2, 0.25) is 0 Å². The largest absolute Gasteiger partial charge is 0.598 e. The van der Waals surface area contributed by atoms with Gasteiger partial charge in [-0.15, -0.1) is 4.72 Å². The van der Waals surface area contributed by atoms with Gasteiger partial charge in [0, 0.05) is 16.7 Å². The lowest BCUT2D eigenvalue weighted by molar-refractivity contribution is 0.439. The second-order valence-corrected chi connectivity index (χ2v) is 8.17. The Kier molecular flexibility index (Phi) is 4.96. The van der Waals surface area contributed by atoms with Gasteiger partial charge in [-0.25, -0.2) is 4.39 Å². The van der Waals surface area contributed by atoms with Crippen molar-refractivity contribution in [2.45, 2.75) is 51.3 Å². The van der Waals surface area contributed by atoms with Gasteiger partial charge in [0.15, 0.2) is 0 Å². The highest BCUT2D eigenvalue weighted by molar-refractivity contribution is 7.90. The Hall–Kier alpha value is -1.04. The topological polar surface area (TPSA) is 48.2 Å². The fourth-order valence-electron chi connectivity index (χ4n) is 2.06. The quantitative estimate of drug-likeness (QED) is 0.829. The molecule has 2 rings (SSSR count). The summed E-state index contributed by atoms with van der Waals surface area (Å²) >= 11 is -1.18. The van der Waals surface area contributed by atoms with Gasteiger partial charge in [0.05, 0.1) is 0 Å². The van der Waals surface area contributed by atoms with Gasteiger partial charge in [-0.2, -0.15) is 0 Å². The van der Waals surface area contributed by atoms with E-state index in [9.17, 15) is 8.94 Å². The van der Waals surface area contributed by atoms with Crippen LogP contribution in [-0.4, -0.2) is 9.30 Å². The zero-order valence-electron chi connectivity index (χ0n) is 12.9.